The molecule has 3 heterocycles. The molecule has 1 aromatic carbocycles. The van der Waals surface area contributed by atoms with Crippen LogP contribution in [0.25, 0.3) is 10.2 Å². The van der Waals surface area contributed by atoms with Crippen LogP contribution in [-0.2, 0) is 6.42 Å². The van der Waals surface area contributed by atoms with E-state index in [-0.39, 0.29) is 12.1 Å². The fourth-order valence-corrected chi connectivity index (χ4v) is 5.07. The summed E-state index contributed by atoms with van der Waals surface area (Å²) in [6.07, 6.45) is 12.3. The van der Waals surface area contributed by atoms with Crippen molar-refractivity contribution in [1.82, 2.24) is 14.8 Å². The maximum absolute atomic E-state index is 10.2. The number of aliphatic imine (C=N–C) groups is 1. The summed E-state index contributed by atoms with van der Waals surface area (Å²) in [6.45, 7) is 0.503. The van der Waals surface area contributed by atoms with Gasteiger partial charge in [0.2, 0.25) is 0 Å². The molecule has 29 heavy (non-hydrogen) atoms. The summed E-state index contributed by atoms with van der Waals surface area (Å²) in [5.41, 5.74) is 3.28. The van der Waals surface area contributed by atoms with E-state index in [1.807, 2.05) is 12.4 Å². The SMILES string of the molecule is N#CN1C=C[N+]2C(Cc3ccc4nc(N[C@@H]5CCCC[C@H]5O)sc4c3)=CN=C2C1. The van der Waals surface area contributed by atoms with Crippen LogP contribution < -0.4 is 10.2 Å². The van der Waals surface area contributed by atoms with Crippen molar-refractivity contribution in [3.63, 3.8) is 0 Å². The van der Waals surface area contributed by atoms with Gasteiger partial charge in [0.1, 0.15) is 6.54 Å². The van der Waals surface area contributed by atoms with Gasteiger partial charge in [0, 0.05) is 0 Å². The van der Waals surface area contributed by atoms with Crippen LogP contribution in [0.2, 0.25) is 0 Å². The summed E-state index contributed by atoms with van der Waals surface area (Å²) in [5.74, 6) is 0.875. The Morgan fingerprint density at radius 1 is 1.34 bits per heavy atom. The minimum absolute atomic E-state index is 0.0989. The maximum Gasteiger partial charge on any atom is 0.283 e. The number of aromatic nitrogens is 1. The number of aliphatic hydroxyl groups excluding tert-OH is 1. The number of nitriles is 1. The van der Waals surface area contributed by atoms with Crippen LogP contribution in [0.4, 0.5) is 5.13 Å². The molecular formula is C21H22N6OS+. The number of fused-ring (bicyclic) bond motifs is 2. The smallest absolute Gasteiger partial charge is 0.283 e. The van der Waals surface area contributed by atoms with Gasteiger partial charge in [-0.15, -0.1) is 0 Å². The summed E-state index contributed by atoms with van der Waals surface area (Å²) < 4.78 is 1.14. The lowest BCUT2D eigenvalue weighted by molar-refractivity contribution is 0.116. The van der Waals surface area contributed by atoms with Gasteiger partial charge in [-0.05, 0) is 30.5 Å². The molecule has 3 aliphatic rings. The summed E-state index contributed by atoms with van der Waals surface area (Å²) in [6, 6.07) is 6.45. The summed E-state index contributed by atoms with van der Waals surface area (Å²) in [4.78, 5) is 12.8. The molecular weight excluding hydrogens is 384 g/mol. The fraction of sp³-hybridized carbons (Fsp3) is 0.381. The molecule has 2 N–H and O–H groups in total. The van der Waals surface area contributed by atoms with E-state index >= 15 is 0 Å². The quantitative estimate of drug-likeness (QED) is 0.601. The molecule has 0 spiro atoms. The third-order valence-electron chi connectivity index (χ3n) is 5.66. The number of thiazole rings is 1. The van der Waals surface area contributed by atoms with E-state index < -0.39 is 0 Å². The van der Waals surface area contributed by atoms with Gasteiger partial charge in [0.25, 0.3) is 5.84 Å². The van der Waals surface area contributed by atoms with Gasteiger partial charge >= 0.3 is 0 Å². The standard InChI is InChI=1S/C21H22N6OS/c22-13-26-7-8-27-15(11-23-20(27)12-26)9-14-5-6-17-19(10-14)29-21(25-17)24-16-3-1-2-4-18(16)28/h5-8,10-11,16,18,28H,1-4,9,12H2,(H,24,25)/q+1/t16-,18-/m1/s1. The van der Waals surface area contributed by atoms with Gasteiger partial charge in [0.05, 0.1) is 41.2 Å². The Hall–Kier alpha value is -2.73. The minimum atomic E-state index is -0.288. The van der Waals surface area contributed by atoms with Crippen LogP contribution >= 0.6 is 11.3 Å². The molecule has 1 saturated carbocycles. The highest BCUT2D eigenvalue weighted by Crippen LogP contribution is 2.31. The molecule has 2 atom stereocenters. The Morgan fingerprint density at radius 2 is 2.24 bits per heavy atom. The van der Waals surface area contributed by atoms with Crippen molar-refractivity contribution in [3.8, 4) is 6.19 Å². The molecule has 1 aliphatic carbocycles. The van der Waals surface area contributed by atoms with Crippen LogP contribution in [0.3, 0.4) is 0 Å². The van der Waals surface area contributed by atoms with E-state index in [9.17, 15) is 5.11 Å². The predicted molar refractivity (Wildman–Crippen MR) is 114 cm³/mol. The lowest BCUT2D eigenvalue weighted by Gasteiger charge is -2.27. The lowest BCUT2D eigenvalue weighted by Crippen LogP contribution is -2.39. The Labute approximate surface area is 173 Å². The Bertz CT molecular complexity index is 1060. The average molecular weight is 407 g/mol. The van der Waals surface area contributed by atoms with Crippen LogP contribution in [0.5, 0.6) is 0 Å². The fourth-order valence-electron chi connectivity index (χ4n) is 4.08. The van der Waals surface area contributed by atoms with Crippen LogP contribution in [0.15, 0.2) is 47.5 Å². The van der Waals surface area contributed by atoms with Crippen molar-refractivity contribution >= 4 is 32.5 Å². The molecule has 2 aromatic rings. The topological polar surface area (TPSA) is 90.4 Å². The van der Waals surface area contributed by atoms with Crippen molar-refractivity contribution in [3.05, 3.63) is 48.1 Å². The Kier molecular flexibility index (Phi) is 4.79. The molecule has 1 fully saturated rings. The van der Waals surface area contributed by atoms with Gasteiger partial charge < -0.3 is 10.4 Å². The molecule has 5 rings (SSSR count). The van der Waals surface area contributed by atoms with Crippen molar-refractivity contribution in [2.24, 2.45) is 4.99 Å². The second-order valence-electron chi connectivity index (χ2n) is 7.66. The zero-order valence-corrected chi connectivity index (χ0v) is 16.8. The Morgan fingerprint density at radius 3 is 3.10 bits per heavy atom. The van der Waals surface area contributed by atoms with E-state index in [4.69, 9.17) is 10.2 Å². The number of benzene rings is 1. The van der Waals surface area contributed by atoms with Crippen LogP contribution in [-0.4, -0.2) is 39.5 Å². The Balaban J connectivity index is 1.30. The highest BCUT2D eigenvalue weighted by molar-refractivity contribution is 7.22. The average Bonchev–Trinajstić information content (AvgIpc) is 3.32. The normalized spacial score (nSPS) is 24.2. The minimum Gasteiger partial charge on any atom is -0.391 e. The lowest BCUT2D eigenvalue weighted by atomic mass is 9.93. The third-order valence-corrected chi connectivity index (χ3v) is 6.61. The van der Waals surface area contributed by atoms with Crippen molar-refractivity contribution < 1.29 is 5.11 Å². The largest absolute Gasteiger partial charge is 0.391 e. The van der Waals surface area contributed by atoms with E-state index in [1.165, 1.54) is 5.56 Å². The second-order valence-corrected chi connectivity index (χ2v) is 8.69. The number of rotatable bonds is 4. The first-order valence-corrected chi connectivity index (χ1v) is 10.7. The molecule has 0 saturated heterocycles. The van der Waals surface area contributed by atoms with Gasteiger partial charge in [-0.1, -0.05) is 35.1 Å². The van der Waals surface area contributed by atoms with Gasteiger partial charge in [-0.2, -0.15) is 10.3 Å². The molecule has 0 amide bonds. The molecule has 1 aromatic heterocycles. The molecule has 8 heteroatoms. The highest BCUT2D eigenvalue weighted by Gasteiger charge is 2.36. The van der Waals surface area contributed by atoms with Crippen molar-refractivity contribution in [2.45, 2.75) is 44.2 Å². The van der Waals surface area contributed by atoms with E-state index in [2.05, 4.69) is 39.6 Å². The van der Waals surface area contributed by atoms with E-state index in [0.717, 1.165) is 59.0 Å². The van der Waals surface area contributed by atoms with Gasteiger partial charge in [-0.25, -0.2) is 4.98 Å². The number of hydrogen-bond acceptors (Lipinski definition) is 8. The number of nitrogens with zero attached hydrogens (tertiary/aromatic N) is 5. The molecule has 0 unspecified atom stereocenters. The number of amidine groups is 1. The van der Waals surface area contributed by atoms with E-state index in [0.29, 0.717) is 6.54 Å². The zero-order chi connectivity index (χ0) is 19.8. The molecule has 2 aliphatic heterocycles. The number of hydrogen-bond donors (Lipinski definition) is 2. The van der Waals surface area contributed by atoms with Gasteiger partial charge in [0.15, 0.2) is 23.2 Å². The number of anilines is 1. The number of nitrogens with one attached hydrogen (secondary N) is 1. The van der Waals surface area contributed by atoms with E-state index in [1.54, 1.807) is 22.4 Å². The molecule has 1 radical (unpaired) electrons. The first kappa shape index (κ1) is 18.3. The molecule has 7 nitrogen and oxygen atoms in total. The summed E-state index contributed by atoms with van der Waals surface area (Å²) in [7, 11) is 0. The summed E-state index contributed by atoms with van der Waals surface area (Å²) in [5, 5.41) is 23.6. The number of allylic oxidation sites excluding steroid dienone is 1. The van der Waals surface area contributed by atoms with Crippen molar-refractivity contribution in [2.75, 3.05) is 11.9 Å². The second kappa shape index (κ2) is 7.59. The first-order valence-electron chi connectivity index (χ1n) is 9.93. The van der Waals surface area contributed by atoms with Crippen molar-refractivity contribution in [1.29, 1.82) is 5.26 Å². The summed E-state index contributed by atoms with van der Waals surface area (Å²) >= 11 is 1.64. The monoisotopic (exact) mass is 406 g/mol. The van der Waals surface area contributed by atoms with Gasteiger partial charge in [-0.3, -0.25) is 4.90 Å². The highest BCUT2D eigenvalue weighted by atomic mass is 32.1. The molecule has 147 valence electrons. The zero-order valence-electron chi connectivity index (χ0n) is 16.0. The first-order chi connectivity index (χ1) is 14.2. The predicted octanol–water partition coefficient (Wildman–Crippen LogP) is 3.22. The maximum atomic E-state index is 10.2. The van der Waals surface area contributed by atoms with Crippen LogP contribution in [0.1, 0.15) is 31.2 Å². The van der Waals surface area contributed by atoms with Crippen LogP contribution in [0, 0.1) is 11.5 Å². The number of aliphatic hydroxyl groups is 1. The third kappa shape index (κ3) is 3.65. The molecule has 0 bridgehead atoms.